The summed E-state index contributed by atoms with van der Waals surface area (Å²) in [6, 6.07) is 0. The molecule has 0 aliphatic carbocycles. The van der Waals surface area contributed by atoms with Crippen LogP contribution in [0, 0.1) is 0 Å². The summed E-state index contributed by atoms with van der Waals surface area (Å²) in [6.07, 6.45) is 0.511. The first kappa shape index (κ1) is 15.5. The highest BCUT2D eigenvalue weighted by molar-refractivity contribution is 7.79. The number of rotatable bonds is 2. The van der Waals surface area contributed by atoms with E-state index in [1.165, 1.54) is 0 Å². The zero-order valence-electron chi connectivity index (χ0n) is 7.76. The molecule has 0 aromatic carbocycles. The van der Waals surface area contributed by atoms with Crippen molar-refractivity contribution in [1.82, 2.24) is 0 Å². The van der Waals surface area contributed by atoms with Crippen LogP contribution in [0.4, 0.5) is 0 Å². The van der Waals surface area contributed by atoms with Gasteiger partial charge in [0.05, 0.1) is 0 Å². The van der Waals surface area contributed by atoms with E-state index < -0.39 is 22.3 Å². The van der Waals surface area contributed by atoms with Crippen molar-refractivity contribution in [1.29, 1.82) is 0 Å². The molecule has 0 aromatic heterocycles. The predicted octanol–water partition coefficient (Wildman–Crippen LogP) is 0.223. The minimum atomic E-state index is -4.67. The molecular formula is C6H12O7S. The van der Waals surface area contributed by atoms with Crippen LogP contribution >= 0.6 is 0 Å². The molecule has 2 N–H and O–H groups in total. The van der Waals surface area contributed by atoms with Gasteiger partial charge in [-0.2, -0.15) is 8.42 Å². The molecule has 0 rings (SSSR count). The summed E-state index contributed by atoms with van der Waals surface area (Å²) in [5, 5.41) is 0. The smallest absolute Gasteiger partial charge is 0.393 e. The lowest BCUT2D eigenvalue weighted by Crippen LogP contribution is -2.09. The molecule has 0 saturated carbocycles. The fourth-order valence-corrected chi connectivity index (χ4v) is 0.271. The van der Waals surface area contributed by atoms with Gasteiger partial charge in [0.2, 0.25) is 0 Å². The molecule has 0 fully saturated rings. The normalized spacial score (nSPS) is 9.71. The summed E-state index contributed by atoms with van der Waals surface area (Å²) in [5.41, 5.74) is 0. The van der Waals surface area contributed by atoms with E-state index >= 15 is 0 Å². The van der Waals surface area contributed by atoms with Crippen LogP contribution in [0.25, 0.3) is 0 Å². The molecular weight excluding hydrogens is 216 g/mol. The van der Waals surface area contributed by atoms with Gasteiger partial charge < -0.3 is 4.74 Å². The Hall–Kier alpha value is -0.990. The van der Waals surface area contributed by atoms with Gasteiger partial charge in [0.1, 0.15) is 0 Å². The SMILES string of the molecule is CCC(=O)OC(=O)CC.O=S(=O)(O)O. The van der Waals surface area contributed by atoms with Crippen molar-refractivity contribution in [2.24, 2.45) is 0 Å². The van der Waals surface area contributed by atoms with Gasteiger partial charge in [-0.15, -0.1) is 0 Å². The Morgan fingerprint density at radius 2 is 1.29 bits per heavy atom. The van der Waals surface area contributed by atoms with E-state index in [1.54, 1.807) is 13.8 Å². The Kier molecular flexibility index (Phi) is 8.20. The number of hydrogen-bond acceptors (Lipinski definition) is 5. The largest absolute Gasteiger partial charge is 0.394 e. The first-order chi connectivity index (χ1) is 6.20. The maximum absolute atomic E-state index is 10.3. The Morgan fingerprint density at radius 1 is 1.07 bits per heavy atom. The summed E-state index contributed by atoms with van der Waals surface area (Å²) < 4.78 is 35.9. The summed E-state index contributed by atoms with van der Waals surface area (Å²) in [4.78, 5) is 20.7. The molecule has 0 aromatic rings. The highest BCUT2D eigenvalue weighted by atomic mass is 32.3. The molecule has 0 amide bonds. The Bertz CT molecular complexity index is 257. The zero-order chi connectivity index (χ0) is 11.8. The van der Waals surface area contributed by atoms with Crippen molar-refractivity contribution < 1.29 is 31.8 Å². The van der Waals surface area contributed by atoms with Crippen molar-refractivity contribution in [3.05, 3.63) is 0 Å². The van der Waals surface area contributed by atoms with Crippen LogP contribution in [0.5, 0.6) is 0 Å². The molecule has 0 radical (unpaired) electrons. The van der Waals surface area contributed by atoms with Crippen LogP contribution in [0.1, 0.15) is 26.7 Å². The van der Waals surface area contributed by atoms with E-state index in [0.717, 1.165) is 0 Å². The standard InChI is InChI=1S/C6H10O3.H2O4S/c1-3-5(7)9-6(8)4-2;1-5(2,3)4/h3-4H2,1-2H3;(H2,1,2,3,4). The van der Waals surface area contributed by atoms with Gasteiger partial charge in [0, 0.05) is 12.8 Å². The summed E-state index contributed by atoms with van der Waals surface area (Å²) in [5.74, 6) is -0.913. The number of carbonyl (C=O) groups is 2. The van der Waals surface area contributed by atoms with Crippen LogP contribution in [-0.2, 0) is 24.7 Å². The summed E-state index contributed by atoms with van der Waals surface area (Å²) in [6.45, 7) is 3.29. The minimum Gasteiger partial charge on any atom is -0.393 e. The lowest BCUT2D eigenvalue weighted by molar-refractivity contribution is -0.159. The van der Waals surface area contributed by atoms with Crippen molar-refractivity contribution in [3.63, 3.8) is 0 Å². The highest BCUT2D eigenvalue weighted by Crippen LogP contribution is 1.88. The molecule has 7 nitrogen and oxygen atoms in total. The van der Waals surface area contributed by atoms with Crippen LogP contribution < -0.4 is 0 Å². The second-order valence-corrected chi connectivity index (χ2v) is 2.90. The van der Waals surface area contributed by atoms with E-state index in [0.29, 0.717) is 0 Å². The van der Waals surface area contributed by atoms with E-state index in [1.807, 2.05) is 0 Å². The maximum atomic E-state index is 10.3. The summed E-state index contributed by atoms with van der Waals surface area (Å²) >= 11 is 0. The third-order valence-corrected chi connectivity index (χ3v) is 0.805. The van der Waals surface area contributed by atoms with E-state index in [4.69, 9.17) is 17.5 Å². The zero-order valence-corrected chi connectivity index (χ0v) is 8.57. The Morgan fingerprint density at radius 3 is 1.43 bits per heavy atom. The van der Waals surface area contributed by atoms with E-state index in [9.17, 15) is 9.59 Å². The summed E-state index contributed by atoms with van der Waals surface area (Å²) in [7, 11) is -4.67. The Labute approximate surface area is 81.6 Å². The van der Waals surface area contributed by atoms with Crippen LogP contribution in [0.2, 0.25) is 0 Å². The number of ether oxygens (including phenoxy) is 1. The second-order valence-electron chi connectivity index (χ2n) is 2.00. The van der Waals surface area contributed by atoms with Crippen molar-refractivity contribution in [3.8, 4) is 0 Å². The van der Waals surface area contributed by atoms with E-state index in [2.05, 4.69) is 4.74 Å². The number of hydrogen-bond donors (Lipinski definition) is 2. The second kappa shape index (κ2) is 7.42. The number of carbonyl (C=O) groups excluding carboxylic acids is 2. The van der Waals surface area contributed by atoms with Crippen molar-refractivity contribution in [2.75, 3.05) is 0 Å². The van der Waals surface area contributed by atoms with Gasteiger partial charge in [0.15, 0.2) is 0 Å². The molecule has 0 heterocycles. The van der Waals surface area contributed by atoms with Crippen molar-refractivity contribution >= 4 is 22.3 Å². The molecule has 14 heavy (non-hydrogen) atoms. The molecule has 8 heteroatoms. The predicted molar refractivity (Wildman–Crippen MR) is 45.9 cm³/mol. The molecule has 0 saturated heterocycles. The van der Waals surface area contributed by atoms with Crippen LogP contribution in [-0.4, -0.2) is 29.5 Å². The van der Waals surface area contributed by atoms with Gasteiger partial charge in [-0.3, -0.25) is 18.7 Å². The van der Waals surface area contributed by atoms with Crippen LogP contribution in [0.15, 0.2) is 0 Å². The fourth-order valence-electron chi connectivity index (χ4n) is 0.271. The first-order valence-corrected chi connectivity index (χ1v) is 5.03. The molecule has 0 atom stereocenters. The van der Waals surface area contributed by atoms with Gasteiger partial charge in [-0.1, -0.05) is 13.8 Å². The maximum Gasteiger partial charge on any atom is 0.394 e. The molecule has 0 aliphatic heterocycles. The fraction of sp³-hybridized carbons (Fsp3) is 0.667. The first-order valence-electron chi connectivity index (χ1n) is 3.64. The highest BCUT2D eigenvalue weighted by Gasteiger charge is 2.03. The molecule has 0 aliphatic rings. The van der Waals surface area contributed by atoms with Gasteiger partial charge in [-0.25, -0.2) is 0 Å². The molecule has 0 bridgehead atoms. The van der Waals surface area contributed by atoms with Gasteiger partial charge in [-0.05, 0) is 0 Å². The molecule has 0 spiro atoms. The lowest BCUT2D eigenvalue weighted by atomic mass is 10.5. The van der Waals surface area contributed by atoms with Crippen molar-refractivity contribution in [2.45, 2.75) is 26.7 Å². The number of esters is 2. The average molecular weight is 228 g/mol. The molecule has 84 valence electrons. The van der Waals surface area contributed by atoms with Gasteiger partial charge >= 0.3 is 22.3 Å². The molecule has 0 unspecified atom stereocenters. The minimum absolute atomic E-state index is 0.256. The monoisotopic (exact) mass is 228 g/mol. The topological polar surface area (TPSA) is 118 Å². The lowest BCUT2D eigenvalue weighted by Gasteiger charge is -1.95. The average Bonchev–Trinajstić information content (AvgIpc) is 2.01. The van der Waals surface area contributed by atoms with Gasteiger partial charge in [0.25, 0.3) is 0 Å². The van der Waals surface area contributed by atoms with E-state index in [-0.39, 0.29) is 12.8 Å². The Balaban J connectivity index is 0. The third kappa shape index (κ3) is 22.5. The van der Waals surface area contributed by atoms with Crippen LogP contribution in [0.3, 0.4) is 0 Å². The quantitative estimate of drug-likeness (QED) is 0.394. The third-order valence-electron chi connectivity index (χ3n) is 0.805.